The number of hydrogen-bond donors (Lipinski definition) is 3. The molecule has 0 aliphatic carbocycles. The first-order valence-corrected chi connectivity index (χ1v) is 13.6. The molecule has 188 valence electrons. The summed E-state index contributed by atoms with van der Waals surface area (Å²) in [5, 5.41) is 14.9. The van der Waals surface area contributed by atoms with Crippen LogP contribution in [0.2, 0.25) is 0 Å². The van der Waals surface area contributed by atoms with Crippen LogP contribution in [-0.2, 0) is 4.79 Å². The fourth-order valence-electron chi connectivity index (χ4n) is 5.63. The van der Waals surface area contributed by atoms with Crippen molar-refractivity contribution in [1.82, 2.24) is 15.1 Å². The average molecular weight is 469 g/mol. The van der Waals surface area contributed by atoms with Gasteiger partial charge in [0, 0.05) is 69.3 Å². The summed E-state index contributed by atoms with van der Waals surface area (Å²) in [7, 11) is 1.87. The second kappa shape index (κ2) is 12.5. The highest BCUT2D eigenvalue weighted by Crippen LogP contribution is 2.26. The van der Waals surface area contributed by atoms with Gasteiger partial charge in [0.2, 0.25) is 0 Å². The minimum Gasteiger partial charge on any atom is -0.388 e. The molecule has 3 aliphatic rings. The molecule has 0 spiro atoms. The number of amides is 1. The molecule has 3 saturated heterocycles. The Morgan fingerprint density at radius 3 is 2.12 bits per heavy atom. The fourth-order valence-corrected chi connectivity index (χ4v) is 5.63. The number of carbonyl (C=O) groups is 1. The zero-order chi connectivity index (χ0) is 23.8. The van der Waals surface area contributed by atoms with Crippen LogP contribution in [0.3, 0.4) is 0 Å². The highest BCUT2D eigenvalue weighted by atomic mass is 16.1. The molecule has 7 nitrogen and oxygen atoms in total. The molecule has 3 N–H and O–H groups in total. The van der Waals surface area contributed by atoms with Gasteiger partial charge in [-0.25, -0.2) is 0 Å². The number of rotatable bonds is 8. The molecular formula is C27H44N6O. The van der Waals surface area contributed by atoms with E-state index in [2.05, 4.69) is 37.5 Å². The van der Waals surface area contributed by atoms with Gasteiger partial charge in [0.15, 0.2) is 0 Å². The number of nitrogens with one attached hydrogen (secondary N) is 3. The van der Waals surface area contributed by atoms with Crippen molar-refractivity contribution in [3.05, 3.63) is 23.8 Å². The summed E-state index contributed by atoms with van der Waals surface area (Å²) in [5.41, 5.74) is 2.77. The van der Waals surface area contributed by atoms with Crippen molar-refractivity contribution in [3.63, 3.8) is 0 Å². The number of likely N-dealkylation sites (tertiary alicyclic amines) is 2. The van der Waals surface area contributed by atoms with Crippen LogP contribution in [0.15, 0.2) is 18.2 Å². The van der Waals surface area contributed by atoms with Gasteiger partial charge in [0.05, 0.1) is 0 Å². The Kier molecular flexibility index (Phi) is 9.22. The Balaban J connectivity index is 1.26. The van der Waals surface area contributed by atoms with Crippen LogP contribution in [0.4, 0.5) is 11.4 Å². The van der Waals surface area contributed by atoms with Crippen LogP contribution in [0, 0.1) is 5.41 Å². The molecule has 34 heavy (non-hydrogen) atoms. The van der Waals surface area contributed by atoms with Crippen LogP contribution in [0.5, 0.6) is 0 Å². The van der Waals surface area contributed by atoms with E-state index >= 15 is 0 Å². The molecule has 3 heterocycles. The maximum absolute atomic E-state index is 12.9. The van der Waals surface area contributed by atoms with E-state index in [1.165, 1.54) is 70.3 Å². The van der Waals surface area contributed by atoms with Crippen molar-refractivity contribution in [2.75, 3.05) is 69.6 Å². The van der Waals surface area contributed by atoms with E-state index in [1.807, 2.05) is 13.1 Å². The molecule has 0 saturated carbocycles. The third-order valence-corrected chi connectivity index (χ3v) is 7.84. The van der Waals surface area contributed by atoms with Gasteiger partial charge in [-0.05, 0) is 69.8 Å². The quantitative estimate of drug-likeness (QED) is 0.509. The second-order valence-electron chi connectivity index (χ2n) is 10.2. The summed E-state index contributed by atoms with van der Waals surface area (Å²) >= 11 is 0. The number of hydrogen-bond acceptors (Lipinski definition) is 6. The maximum atomic E-state index is 12.9. The van der Waals surface area contributed by atoms with E-state index < -0.39 is 0 Å². The summed E-state index contributed by atoms with van der Waals surface area (Å²) in [6.45, 7) is 9.02. The summed E-state index contributed by atoms with van der Waals surface area (Å²) in [4.78, 5) is 20.5. The van der Waals surface area contributed by atoms with Crippen molar-refractivity contribution in [2.45, 2.75) is 63.8 Å². The van der Waals surface area contributed by atoms with E-state index in [4.69, 9.17) is 5.41 Å². The van der Waals surface area contributed by atoms with Gasteiger partial charge in [-0.15, -0.1) is 0 Å². The Morgan fingerprint density at radius 1 is 0.882 bits per heavy atom. The summed E-state index contributed by atoms with van der Waals surface area (Å²) in [5.74, 6) is -0.259. The van der Waals surface area contributed by atoms with Gasteiger partial charge < -0.3 is 25.3 Å². The molecule has 4 rings (SSSR count). The second-order valence-corrected chi connectivity index (χ2v) is 10.2. The van der Waals surface area contributed by atoms with E-state index in [-0.39, 0.29) is 17.7 Å². The molecule has 3 fully saturated rings. The van der Waals surface area contributed by atoms with Gasteiger partial charge >= 0.3 is 0 Å². The zero-order valence-electron chi connectivity index (χ0n) is 21.1. The molecule has 0 radical (unpaired) electrons. The van der Waals surface area contributed by atoms with Gasteiger partial charge in [-0.2, -0.15) is 0 Å². The third kappa shape index (κ3) is 6.72. The van der Waals surface area contributed by atoms with E-state index in [9.17, 15) is 4.79 Å². The van der Waals surface area contributed by atoms with Crippen LogP contribution in [0.1, 0.15) is 63.4 Å². The van der Waals surface area contributed by atoms with Gasteiger partial charge in [-0.3, -0.25) is 10.2 Å². The number of nitrogens with zero attached hydrogens (tertiary/aromatic N) is 3. The van der Waals surface area contributed by atoms with Crippen molar-refractivity contribution in [3.8, 4) is 0 Å². The minimum atomic E-state index is -0.259. The highest BCUT2D eigenvalue weighted by Gasteiger charge is 2.24. The molecule has 1 amide bonds. The normalized spacial score (nSPS) is 21.1. The number of piperidine rings is 2. The molecule has 0 aromatic heterocycles. The van der Waals surface area contributed by atoms with Crippen molar-refractivity contribution in [1.29, 1.82) is 5.41 Å². The minimum absolute atomic E-state index is 0.0549. The maximum Gasteiger partial charge on any atom is 0.270 e. The highest BCUT2D eigenvalue weighted by molar-refractivity contribution is 6.45. The molecular weight excluding hydrogens is 424 g/mol. The van der Waals surface area contributed by atoms with E-state index in [1.54, 1.807) is 0 Å². The van der Waals surface area contributed by atoms with Crippen LogP contribution < -0.4 is 15.5 Å². The van der Waals surface area contributed by atoms with Gasteiger partial charge in [0.1, 0.15) is 5.71 Å². The third-order valence-electron chi connectivity index (χ3n) is 7.84. The summed E-state index contributed by atoms with van der Waals surface area (Å²) < 4.78 is 0. The zero-order valence-corrected chi connectivity index (χ0v) is 21.1. The monoisotopic (exact) mass is 468 g/mol. The van der Waals surface area contributed by atoms with Gasteiger partial charge in [-0.1, -0.05) is 19.3 Å². The molecule has 1 aromatic rings. The first-order chi connectivity index (χ1) is 16.6. The summed E-state index contributed by atoms with van der Waals surface area (Å²) in [6, 6.07) is 6.28. The lowest BCUT2D eigenvalue weighted by molar-refractivity contribution is -0.115. The van der Waals surface area contributed by atoms with E-state index in [0.717, 1.165) is 51.3 Å². The lowest BCUT2D eigenvalue weighted by atomic mass is 10.0. The Morgan fingerprint density at radius 2 is 1.47 bits per heavy atom. The first-order valence-electron chi connectivity index (χ1n) is 13.6. The standard InChI is InChI=1S/C27H44N6O/c1-29-25-21-23(33-15-7-2-3-8-16-33)9-10-24(25)26(28)27(34)30-22-11-17-32(18-12-22)20-19-31-13-5-4-6-14-31/h9-10,21-22,28-29H,2-8,11-20H2,1H3,(H,30,34). The molecule has 7 heteroatoms. The van der Waals surface area contributed by atoms with Gasteiger partial charge in [0.25, 0.3) is 5.91 Å². The molecule has 0 bridgehead atoms. The molecule has 0 atom stereocenters. The molecule has 1 aromatic carbocycles. The first kappa shape index (κ1) is 25.0. The lowest BCUT2D eigenvalue weighted by Crippen LogP contribution is -2.48. The number of carbonyl (C=O) groups excluding carboxylic acids is 1. The Bertz CT molecular complexity index is 805. The largest absolute Gasteiger partial charge is 0.388 e. The van der Waals surface area contributed by atoms with Crippen LogP contribution >= 0.6 is 0 Å². The molecule has 3 aliphatic heterocycles. The SMILES string of the molecule is CNc1cc(N2CCCCCC2)ccc1C(=N)C(=O)NC1CCN(CCN2CCCCC2)CC1. The lowest BCUT2D eigenvalue weighted by Gasteiger charge is -2.34. The Hall–Kier alpha value is -2.12. The molecule has 0 unspecified atom stereocenters. The van der Waals surface area contributed by atoms with Crippen LogP contribution in [0.25, 0.3) is 0 Å². The smallest absolute Gasteiger partial charge is 0.270 e. The predicted octanol–water partition coefficient (Wildman–Crippen LogP) is 3.54. The van der Waals surface area contributed by atoms with Crippen LogP contribution in [-0.4, -0.2) is 86.9 Å². The van der Waals surface area contributed by atoms with Crippen molar-refractivity contribution < 1.29 is 4.79 Å². The number of anilines is 2. The average Bonchev–Trinajstić information content (AvgIpc) is 3.18. The number of benzene rings is 1. The van der Waals surface area contributed by atoms with Crippen molar-refractivity contribution in [2.24, 2.45) is 0 Å². The summed E-state index contributed by atoms with van der Waals surface area (Å²) in [6.07, 6.45) is 11.1. The topological polar surface area (TPSA) is 74.7 Å². The Labute approximate surface area is 205 Å². The van der Waals surface area contributed by atoms with Crippen molar-refractivity contribution >= 4 is 23.0 Å². The fraction of sp³-hybridized carbons (Fsp3) is 0.704. The van der Waals surface area contributed by atoms with E-state index in [0.29, 0.717) is 5.56 Å². The predicted molar refractivity (Wildman–Crippen MR) is 141 cm³/mol.